The Hall–Kier alpha value is -1.30. The molecule has 3 aromatic rings. The summed E-state index contributed by atoms with van der Waals surface area (Å²) in [6, 6.07) is 8.93. The zero-order valence-electron chi connectivity index (χ0n) is 12.3. The summed E-state index contributed by atoms with van der Waals surface area (Å²) in [6.45, 7) is 5.33. The molecule has 0 radical (unpaired) electrons. The highest BCUT2D eigenvalue weighted by Crippen LogP contribution is 2.34. The lowest BCUT2D eigenvalue weighted by Gasteiger charge is -2.19. The van der Waals surface area contributed by atoms with Crippen molar-refractivity contribution in [3.63, 3.8) is 0 Å². The Bertz CT molecular complexity index is 717. The van der Waals surface area contributed by atoms with Gasteiger partial charge in [0.25, 0.3) is 0 Å². The predicted octanol–water partition coefficient (Wildman–Crippen LogP) is 4.40. The second kappa shape index (κ2) is 6.64. The summed E-state index contributed by atoms with van der Waals surface area (Å²) >= 11 is 3.33. The molecule has 0 saturated carbocycles. The van der Waals surface area contributed by atoms with Crippen molar-refractivity contribution in [3.05, 3.63) is 45.8 Å². The van der Waals surface area contributed by atoms with Gasteiger partial charge < -0.3 is 5.32 Å². The maximum absolute atomic E-state index is 4.29. The lowest BCUT2D eigenvalue weighted by molar-refractivity contribution is 0.604. The SMILES string of the molecule is CCCNC(c1snnc1CC)c1cccc2ccsc12. The molecule has 0 bridgehead atoms. The number of hydrogen-bond donors (Lipinski definition) is 1. The number of aryl methyl sites for hydroxylation is 1. The van der Waals surface area contributed by atoms with Gasteiger partial charge in [-0.25, -0.2) is 0 Å². The Morgan fingerprint density at radius 3 is 2.95 bits per heavy atom. The van der Waals surface area contributed by atoms with E-state index in [1.165, 1.54) is 32.1 Å². The number of nitrogens with zero attached hydrogens (tertiary/aromatic N) is 2. The number of fused-ring (bicyclic) bond motifs is 1. The van der Waals surface area contributed by atoms with Gasteiger partial charge in [-0.3, -0.25) is 0 Å². The lowest BCUT2D eigenvalue weighted by Crippen LogP contribution is -2.23. The Kier molecular flexibility index (Phi) is 4.63. The van der Waals surface area contributed by atoms with Crippen LogP contribution < -0.4 is 5.32 Å². The van der Waals surface area contributed by atoms with Crippen LogP contribution in [0.1, 0.15) is 42.4 Å². The van der Waals surface area contributed by atoms with E-state index in [1.54, 1.807) is 0 Å². The van der Waals surface area contributed by atoms with E-state index in [0.29, 0.717) is 0 Å². The molecule has 3 nitrogen and oxygen atoms in total. The van der Waals surface area contributed by atoms with Crippen LogP contribution in [0.5, 0.6) is 0 Å². The van der Waals surface area contributed by atoms with Gasteiger partial charge in [0.05, 0.1) is 16.6 Å². The third-order valence-corrected chi connectivity index (χ3v) is 5.41. The number of nitrogens with one attached hydrogen (secondary N) is 1. The minimum absolute atomic E-state index is 0.197. The third kappa shape index (κ3) is 2.86. The molecular weight excluding hydrogens is 298 g/mol. The minimum Gasteiger partial charge on any atom is -0.305 e. The lowest BCUT2D eigenvalue weighted by atomic mass is 10.0. The first-order valence-electron chi connectivity index (χ1n) is 7.35. The summed E-state index contributed by atoms with van der Waals surface area (Å²) in [6.07, 6.45) is 2.04. The number of benzene rings is 1. The summed E-state index contributed by atoms with van der Waals surface area (Å²) in [5, 5.41) is 11.5. The topological polar surface area (TPSA) is 37.8 Å². The normalized spacial score (nSPS) is 12.9. The van der Waals surface area contributed by atoms with Crippen LogP contribution in [0.15, 0.2) is 29.6 Å². The standard InChI is InChI=1S/C16H19N3S2/c1-3-9-17-14(16-13(4-2)18-19-21-16)12-7-5-6-11-8-10-20-15(11)12/h5-8,10,14,17H,3-4,9H2,1-2H3. The van der Waals surface area contributed by atoms with Gasteiger partial charge >= 0.3 is 0 Å². The van der Waals surface area contributed by atoms with Gasteiger partial charge in [0.15, 0.2) is 0 Å². The maximum Gasteiger partial charge on any atom is 0.0804 e. The van der Waals surface area contributed by atoms with E-state index in [2.05, 4.69) is 58.4 Å². The van der Waals surface area contributed by atoms with Gasteiger partial charge in [0.2, 0.25) is 0 Å². The van der Waals surface area contributed by atoms with E-state index >= 15 is 0 Å². The summed E-state index contributed by atoms with van der Waals surface area (Å²) in [4.78, 5) is 1.26. The fourth-order valence-corrected chi connectivity index (χ4v) is 4.33. The molecule has 0 amide bonds. The highest BCUT2D eigenvalue weighted by Gasteiger charge is 2.22. The molecule has 0 aliphatic rings. The molecule has 0 aliphatic carbocycles. The summed E-state index contributed by atoms with van der Waals surface area (Å²) in [5.74, 6) is 0. The fourth-order valence-electron chi connectivity index (χ4n) is 2.56. The van der Waals surface area contributed by atoms with Gasteiger partial charge in [-0.05, 0) is 53.3 Å². The van der Waals surface area contributed by atoms with Crippen LogP contribution in [-0.4, -0.2) is 16.1 Å². The quantitative estimate of drug-likeness (QED) is 0.732. The van der Waals surface area contributed by atoms with Crippen LogP contribution in [0.2, 0.25) is 0 Å². The van der Waals surface area contributed by atoms with E-state index in [1.807, 2.05) is 11.3 Å². The molecule has 0 aliphatic heterocycles. The molecule has 2 aromatic heterocycles. The molecule has 1 N–H and O–H groups in total. The van der Waals surface area contributed by atoms with Crippen molar-refractivity contribution >= 4 is 33.0 Å². The number of thiophene rings is 1. The number of aromatic nitrogens is 2. The van der Waals surface area contributed by atoms with Crippen LogP contribution in [0.3, 0.4) is 0 Å². The zero-order chi connectivity index (χ0) is 14.7. The smallest absolute Gasteiger partial charge is 0.0804 e. The van der Waals surface area contributed by atoms with Crippen molar-refractivity contribution in [3.8, 4) is 0 Å². The Morgan fingerprint density at radius 2 is 2.14 bits per heavy atom. The monoisotopic (exact) mass is 317 g/mol. The molecule has 21 heavy (non-hydrogen) atoms. The van der Waals surface area contributed by atoms with Crippen LogP contribution in [0.4, 0.5) is 0 Å². The molecule has 1 aromatic carbocycles. The van der Waals surface area contributed by atoms with E-state index < -0.39 is 0 Å². The highest BCUT2D eigenvalue weighted by molar-refractivity contribution is 7.17. The first-order valence-corrected chi connectivity index (χ1v) is 9.01. The van der Waals surface area contributed by atoms with E-state index in [4.69, 9.17) is 0 Å². The average molecular weight is 317 g/mol. The molecule has 1 unspecified atom stereocenters. The zero-order valence-corrected chi connectivity index (χ0v) is 13.9. The van der Waals surface area contributed by atoms with Crippen LogP contribution in [0.25, 0.3) is 10.1 Å². The van der Waals surface area contributed by atoms with Gasteiger partial charge in [-0.2, -0.15) is 0 Å². The van der Waals surface area contributed by atoms with E-state index in [9.17, 15) is 0 Å². The van der Waals surface area contributed by atoms with Crippen LogP contribution >= 0.6 is 22.9 Å². The predicted molar refractivity (Wildman–Crippen MR) is 91.2 cm³/mol. The van der Waals surface area contributed by atoms with Crippen molar-refractivity contribution < 1.29 is 0 Å². The molecule has 2 heterocycles. The van der Waals surface area contributed by atoms with Crippen molar-refractivity contribution in [1.29, 1.82) is 0 Å². The Morgan fingerprint density at radius 1 is 1.24 bits per heavy atom. The largest absolute Gasteiger partial charge is 0.305 e. The highest BCUT2D eigenvalue weighted by atomic mass is 32.1. The second-order valence-electron chi connectivity index (χ2n) is 5.01. The van der Waals surface area contributed by atoms with Gasteiger partial charge in [-0.15, -0.1) is 16.4 Å². The number of rotatable bonds is 6. The summed E-state index contributed by atoms with van der Waals surface area (Å²) in [7, 11) is 0. The Balaban J connectivity index is 2.09. The van der Waals surface area contributed by atoms with Crippen LogP contribution in [-0.2, 0) is 6.42 Å². The molecule has 5 heteroatoms. The molecule has 0 saturated heterocycles. The molecule has 0 spiro atoms. The molecular formula is C16H19N3S2. The Labute approximate surface area is 133 Å². The molecule has 0 fully saturated rings. The van der Waals surface area contributed by atoms with Crippen molar-refractivity contribution in [2.75, 3.05) is 6.54 Å². The van der Waals surface area contributed by atoms with E-state index in [0.717, 1.165) is 25.1 Å². The average Bonchev–Trinajstić information content (AvgIpc) is 3.16. The van der Waals surface area contributed by atoms with Gasteiger partial charge in [-0.1, -0.05) is 36.5 Å². The molecule has 3 rings (SSSR count). The summed E-state index contributed by atoms with van der Waals surface area (Å²) < 4.78 is 5.53. The third-order valence-electron chi connectivity index (χ3n) is 3.60. The van der Waals surface area contributed by atoms with Gasteiger partial charge in [0.1, 0.15) is 0 Å². The van der Waals surface area contributed by atoms with Crippen LogP contribution in [0, 0.1) is 0 Å². The molecule has 1 atom stereocenters. The van der Waals surface area contributed by atoms with Gasteiger partial charge in [0, 0.05) is 4.70 Å². The first kappa shape index (κ1) is 14.6. The van der Waals surface area contributed by atoms with Crippen molar-refractivity contribution in [1.82, 2.24) is 14.9 Å². The summed E-state index contributed by atoms with van der Waals surface area (Å²) in [5.41, 5.74) is 2.46. The van der Waals surface area contributed by atoms with Crippen molar-refractivity contribution in [2.45, 2.75) is 32.7 Å². The number of hydrogen-bond acceptors (Lipinski definition) is 5. The van der Waals surface area contributed by atoms with E-state index in [-0.39, 0.29) is 6.04 Å². The second-order valence-corrected chi connectivity index (χ2v) is 6.71. The minimum atomic E-state index is 0.197. The molecule has 110 valence electrons. The first-order chi connectivity index (χ1) is 10.3. The maximum atomic E-state index is 4.29. The van der Waals surface area contributed by atoms with Crippen molar-refractivity contribution in [2.24, 2.45) is 0 Å². The fraction of sp³-hybridized carbons (Fsp3) is 0.375.